The lowest BCUT2D eigenvalue weighted by Crippen LogP contribution is -2.62. The fraction of sp³-hybridized carbons (Fsp3) is 0.286. The Hall–Kier alpha value is -4.12. The molecular weight excluding hydrogens is 482 g/mol. The van der Waals surface area contributed by atoms with Crippen molar-refractivity contribution in [1.29, 1.82) is 0 Å². The molecule has 0 spiro atoms. The maximum Gasteiger partial charge on any atom is 0.242 e. The highest BCUT2D eigenvalue weighted by Gasteiger charge is 2.33. The zero-order chi connectivity index (χ0) is 26.5. The van der Waals surface area contributed by atoms with Gasteiger partial charge >= 0.3 is 0 Å². The Balaban J connectivity index is 1.24. The standard InChI is InChI=1S/C28H31N7O3/c1-20-13-23(38-32-20)16-34(31-14-21-7-3-2-4-8-21)18-28(37)35-19-27(36)33(17-26(35)29)15-22-9-5-11-25-24(22)10-6-12-30-25/h2-13,26,31H,14-19,29H2,1H3. The van der Waals surface area contributed by atoms with Gasteiger partial charge in [0.1, 0.15) is 6.54 Å². The van der Waals surface area contributed by atoms with Crippen molar-refractivity contribution in [2.24, 2.45) is 5.73 Å². The van der Waals surface area contributed by atoms with Crippen LogP contribution in [0.5, 0.6) is 0 Å². The molecule has 1 unspecified atom stereocenters. The first-order valence-electron chi connectivity index (χ1n) is 12.6. The van der Waals surface area contributed by atoms with E-state index in [9.17, 15) is 9.59 Å². The Bertz CT molecular complexity index is 1400. The molecule has 0 aliphatic carbocycles. The second kappa shape index (κ2) is 11.5. The van der Waals surface area contributed by atoms with Gasteiger partial charge in [-0.3, -0.25) is 14.6 Å². The number of nitrogens with one attached hydrogen (secondary N) is 1. The maximum atomic E-state index is 13.4. The first-order valence-corrected chi connectivity index (χ1v) is 12.6. The summed E-state index contributed by atoms with van der Waals surface area (Å²) >= 11 is 0. The number of fused-ring (bicyclic) bond motifs is 1. The number of carbonyl (C=O) groups excluding carboxylic acids is 2. The van der Waals surface area contributed by atoms with E-state index >= 15 is 0 Å². The molecular formula is C28H31N7O3. The Kier molecular flexibility index (Phi) is 7.73. The third-order valence-corrected chi connectivity index (χ3v) is 6.58. The third-order valence-electron chi connectivity index (χ3n) is 6.58. The van der Waals surface area contributed by atoms with Crippen molar-refractivity contribution in [2.45, 2.75) is 32.7 Å². The van der Waals surface area contributed by atoms with Crippen LogP contribution < -0.4 is 11.2 Å². The number of aromatic nitrogens is 2. The van der Waals surface area contributed by atoms with Crippen LogP contribution in [-0.2, 0) is 29.2 Å². The molecule has 196 valence electrons. The molecule has 0 saturated carbocycles. The average molecular weight is 514 g/mol. The third kappa shape index (κ3) is 6.05. The summed E-state index contributed by atoms with van der Waals surface area (Å²) in [4.78, 5) is 34.0. The van der Waals surface area contributed by atoms with Gasteiger partial charge < -0.3 is 20.1 Å². The Labute approximate surface area is 221 Å². The van der Waals surface area contributed by atoms with Gasteiger partial charge in [-0.05, 0) is 30.2 Å². The van der Waals surface area contributed by atoms with Gasteiger partial charge in [-0.25, -0.2) is 10.4 Å². The summed E-state index contributed by atoms with van der Waals surface area (Å²) in [5, 5.41) is 6.71. The minimum Gasteiger partial charge on any atom is -0.360 e. The fourth-order valence-electron chi connectivity index (χ4n) is 4.63. The summed E-state index contributed by atoms with van der Waals surface area (Å²) in [5.41, 5.74) is 13.4. The van der Waals surface area contributed by atoms with Gasteiger partial charge in [0.2, 0.25) is 11.8 Å². The zero-order valence-corrected chi connectivity index (χ0v) is 21.3. The monoisotopic (exact) mass is 513 g/mol. The first-order chi connectivity index (χ1) is 18.5. The molecule has 1 aliphatic heterocycles. The van der Waals surface area contributed by atoms with Crippen molar-refractivity contribution in [3.05, 3.63) is 95.5 Å². The number of rotatable bonds is 9. The minimum absolute atomic E-state index is 0.0164. The SMILES string of the molecule is Cc1cc(CN(CC(=O)N2CC(=O)N(Cc3cccc4ncccc34)CC2N)NCc2ccccc2)on1. The quantitative estimate of drug-likeness (QED) is 0.327. The van der Waals surface area contributed by atoms with Gasteiger partial charge in [0.05, 0.1) is 37.0 Å². The zero-order valence-electron chi connectivity index (χ0n) is 21.3. The highest BCUT2D eigenvalue weighted by Crippen LogP contribution is 2.20. The molecule has 3 N–H and O–H groups in total. The summed E-state index contributed by atoms with van der Waals surface area (Å²) in [5.74, 6) is 0.248. The summed E-state index contributed by atoms with van der Waals surface area (Å²) in [6, 6.07) is 21.5. The normalized spacial score (nSPS) is 16.0. The molecule has 3 heterocycles. The number of hydrogen-bond acceptors (Lipinski definition) is 8. The van der Waals surface area contributed by atoms with Crippen molar-refractivity contribution in [2.75, 3.05) is 19.6 Å². The smallest absolute Gasteiger partial charge is 0.242 e. The number of aryl methyl sites for hydroxylation is 1. The van der Waals surface area contributed by atoms with Gasteiger partial charge in [-0.2, -0.15) is 0 Å². The summed E-state index contributed by atoms with van der Waals surface area (Å²) < 4.78 is 5.37. The second-order valence-electron chi connectivity index (χ2n) is 9.46. The lowest BCUT2D eigenvalue weighted by Gasteiger charge is -2.40. The largest absolute Gasteiger partial charge is 0.360 e. The molecule has 2 amide bonds. The van der Waals surface area contributed by atoms with Crippen LogP contribution in [0.1, 0.15) is 22.6 Å². The van der Waals surface area contributed by atoms with Crippen molar-refractivity contribution >= 4 is 22.7 Å². The van der Waals surface area contributed by atoms with Crippen LogP contribution in [0.4, 0.5) is 0 Å². The Morgan fingerprint density at radius 1 is 1.16 bits per heavy atom. The van der Waals surface area contributed by atoms with Crippen LogP contribution in [-0.4, -0.2) is 62.6 Å². The van der Waals surface area contributed by atoms with Crippen molar-refractivity contribution in [3.8, 4) is 0 Å². The van der Waals surface area contributed by atoms with Crippen molar-refractivity contribution < 1.29 is 14.1 Å². The molecule has 2 aromatic carbocycles. The van der Waals surface area contributed by atoms with Crippen LogP contribution >= 0.6 is 0 Å². The molecule has 0 radical (unpaired) electrons. The van der Waals surface area contributed by atoms with E-state index < -0.39 is 6.17 Å². The molecule has 5 rings (SSSR count). The molecule has 10 heteroatoms. The van der Waals surface area contributed by atoms with Gasteiger partial charge in [-0.1, -0.05) is 53.7 Å². The van der Waals surface area contributed by atoms with E-state index in [0.717, 1.165) is 27.7 Å². The second-order valence-corrected chi connectivity index (χ2v) is 9.46. The van der Waals surface area contributed by atoms with Gasteiger partial charge in [0, 0.05) is 30.7 Å². The summed E-state index contributed by atoms with van der Waals surface area (Å²) in [7, 11) is 0. The number of pyridine rings is 1. The predicted molar refractivity (Wildman–Crippen MR) is 142 cm³/mol. The van der Waals surface area contributed by atoms with E-state index in [0.29, 0.717) is 25.4 Å². The van der Waals surface area contributed by atoms with E-state index in [2.05, 4.69) is 15.6 Å². The van der Waals surface area contributed by atoms with Crippen LogP contribution in [0.3, 0.4) is 0 Å². The number of hydrogen-bond donors (Lipinski definition) is 2. The number of nitrogens with two attached hydrogens (primary N) is 1. The molecule has 1 fully saturated rings. The average Bonchev–Trinajstić information content (AvgIpc) is 3.34. The van der Waals surface area contributed by atoms with Gasteiger partial charge in [0.25, 0.3) is 0 Å². The van der Waals surface area contributed by atoms with E-state index in [-0.39, 0.29) is 31.4 Å². The van der Waals surface area contributed by atoms with Gasteiger partial charge in [-0.15, -0.1) is 0 Å². The lowest BCUT2D eigenvalue weighted by molar-refractivity contribution is -0.150. The predicted octanol–water partition coefficient (Wildman–Crippen LogP) is 2.19. The number of amides is 2. The Morgan fingerprint density at radius 3 is 2.79 bits per heavy atom. The molecule has 1 saturated heterocycles. The summed E-state index contributed by atoms with van der Waals surface area (Å²) in [6.07, 6.45) is 1.14. The van der Waals surface area contributed by atoms with Crippen LogP contribution in [0.25, 0.3) is 10.9 Å². The van der Waals surface area contributed by atoms with E-state index in [1.54, 1.807) is 16.1 Å². The molecule has 10 nitrogen and oxygen atoms in total. The number of benzene rings is 2. The number of hydrazine groups is 1. The maximum absolute atomic E-state index is 13.4. The molecule has 1 aliphatic rings. The van der Waals surface area contributed by atoms with Crippen LogP contribution in [0.2, 0.25) is 0 Å². The molecule has 38 heavy (non-hydrogen) atoms. The van der Waals surface area contributed by atoms with E-state index in [4.69, 9.17) is 10.3 Å². The van der Waals surface area contributed by atoms with E-state index in [1.807, 2.05) is 73.7 Å². The minimum atomic E-state index is -0.614. The lowest BCUT2D eigenvalue weighted by atomic mass is 10.1. The van der Waals surface area contributed by atoms with Crippen molar-refractivity contribution in [3.63, 3.8) is 0 Å². The van der Waals surface area contributed by atoms with Gasteiger partial charge in [0.15, 0.2) is 5.76 Å². The Morgan fingerprint density at radius 2 is 2.00 bits per heavy atom. The highest BCUT2D eigenvalue weighted by molar-refractivity contribution is 5.88. The fourth-order valence-corrected chi connectivity index (χ4v) is 4.63. The highest BCUT2D eigenvalue weighted by atomic mass is 16.5. The van der Waals surface area contributed by atoms with Crippen molar-refractivity contribution in [1.82, 2.24) is 30.4 Å². The van der Waals surface area contributed by atoms with Crippen LogP contribution in [0.15, 0.2) is 77.4 Å². The number of piperazine rings is 1. The number of carbonyl (C=O) groups is 2. The summed E-state index contributed by atoms with van der Waals surface area (Å²) in [6.45, 7) is 3.31. The molecule has 2 aromatic heterocycles. The van der Waals surface area contributed by atoms with E-state index in [1.165, 1.54) is 4.90 Å². The number of nitrogens with zero attached hydrogens (tertiary/aromatic N) is 5. The van der Waals surface area contributed by atoms with Crippen LogP contribution in [0, 0.1) is 6.92 Å². The topological polar surface area (TPSA) is 121 Å². The molecule has 4 aromatic rings. The molecule has 1 atom stereocenters. The molecule has 0 bridgehead atoms. The first kappa shape index (κ1) is 25.5.